The van der Waals surface area contributed by atoms with E-state index in [1.165, 1.54) is 7.11 Å². The fourth-order valence-corrected chi connectivity index (χ4v) is 4.23. The molecule has 2 aromatic rings. The first-order valence-corrected chi connectivity index (χ1v) is 11.1. The molecule has 0 aliphatic carbocycles. The molecule has 2 aromatic carbocycles. The van der Waals surface area contributed by atoms with Crippen LogP contribution in [0.5, 0.6) is 0 Å². The molecule has 3 atom stereocenters. The van der Waals surface area contributed by atoms with Crippen LogP contribution in [0.15, 0.2) is 71.9 Å². The molecule has 2 saturated heterocycles. The van der Waals surface area contributed by atoms with E-state index in [9.17, 15) is 19.2 Å². The van der Waals surface area contributed by atoms with Gasteiger partial charge in [0.25, 0.3) is 5.91 Å². The number of nitrogens with zero attached hydrogens (tertiary/aromatic N) is 1. The van der Waals surface area contributed by atoms with Crippen molar-refractivity contribution < 1.29 is 33.4 Å². The van der Waals surface area contributed by atoms with Gasteiger partial charge in [0.15, 0.2) is 12.0 Å². The predicted octanol–water partition coefficient (Wildman–Crippen LogP) is 1.86. The van der Waals surface area contributed by atoms with E-state index in [0.29, 0.717) is 11.1 Å². The summed E-state index contributed by atoms with van der Waals surface area (Å²) in [6.45, 7) is 3.31. The molecule has 0 bridgehead atoms. The fourth-order valence-electron chi connectivity index (χ4n) is 4.23. The zero-order chi connectivity index (χ0) is 25.2. The van der Waals surface area contributed by atoms with Crippen LogP contribution in [-0.2, 0) is 46.4 Å². The largest absolute Gasteiger partial charge is 0.466 e. The van der Waals surface area contributed by atoms with Crippen LogP contribution in [0.2, 0.25) is 0 Å². The van der Waals surface area contributed by atoms with Crippen LogP contribution < -0.4 is 5.32 Å². The minimum Gasteiger partial charge on any atom is -0.466 e. The molecule has 2 aliphatic rings. The molecule has 0 spiro atoms. The molecule has 4 rings (SSSR count). The summed E-state index contributed by atoms with van der Waals surface area (Å²) in [6, 6.07) is 18.0. The van der Waals surface area contributed by atoms with Gasteiger partial charge in [-0.15, -0.1) is 0 Å². The highest BCUT2D eigenvalue weighted by Gasteiger charge is 2.73. The lowest BCUT2D eigenvalue weighted by Gasteiger charge is -2.49. The van der Waals surface area contributed by atoms with Crippen molar-refractivity contribution in [2.75, 3.05) is 7.11 Å². The smallest absolute Gasteiger partial charge is 0.355 e. The molecule has 182 valence electrons. The Kier molecular flexibility index (Phi) is 6.81. The normalized spacial score (nSPS) is 22.6. The third-order valence-corrected chi connectivity index (χ3v) is 5.97. The van der Waals surface area contributed by atoms with Crippen molar-refractivity contribution in [3.8, 4) is 0 Å². The van der Waals surface area contributed by atoms with Gasteiger partial charge in [0.2, 0.25) is 11.8 Å². The second-order valence-electron chi connectivity index (χ2n) is 8.52. The maximum Gasteiger partial charge on any atom is 0.355 e. The van der Waals surface area contributed by atoms with Gasteiger partial charge in [-0.3, -0.25) is 19.8 Å². The maximum absolute atomic E-state index is 13.5. The van der Waals surface area contributed by atoms with E-state index in [-0.39, 0.29) is 18.7 Å². The Balaban J connectivity index is 1.61. The number of fused-ring (bicyclic) bond motifs is 1. The van der Waals surface area contributed by atoms with Gasteiger partial charge >= 0.3 is 11.9 Å². The Morgan fingerprint density at radius 2 is 1.60 bits per heavy atom. The van der Waals surface area contributed by atoms with E-state index < -0.39 is 41.6 Å². The second kappa shape index (κ2) is 9.81. The number of hydrogen-bond acceptors (Lipinski definition) is 8. The summed E-state index contributed by atoms with van der Waals surface area (Å²) in [5, 5.41) is 2.73. The SMILES string of the molecule is COC(=O)C1NC2(C(=O)Cc3ccccc3)C(=O)N(C(C(=O)OCc3ccccc3)=C(C)C)C2O1. The van der Waals surface area contributed by atoms with E-state index in [1.807, 2.05) is 36.4 Å². The van der Waals surface area contributed by atoms with Gasteiger partial charge in [-0.25, -0.2) is 9.59 Å². The quantitative estimate of drug-likeness (QED) is 0.265. The highest BCUT2D eigenvalue weighted by Crippen LogP contribution is 2.43. The monoisotopic (exact) mass is 478 g/mol. The summed E-state index contributed by atoms with van der Waals surface area (Å²) in [5.74, 6) is -2.70. The lowest BCUT2D eigenvalue weighted by molar-refractivity contribution is -0.187. The fraction of sp³-hybridized carbons (Fsp3) is 0.308. The highest BCUT2D eigenvalue weighted by atomic mass is 16.6. The van der Waals surface area contributed by atoms with E-state index in [1.54, 1.807) is 38.1 Å². The van der Waals surface area contributed by atoms with Gasteiger partial charge in [-0.2, -0.15) is 0 Å². The van der Waals surface area contributed by atoms with Crippen molar-refractivity contribution >= 4 is 23.6 Å². The number of methoxy groups -OCH3 is 1. The molecule has 0 aromatic heterocycles. The Morgan fingerprint density at radius 3 is 2.17 bits per heavy atom. The summed E-state index contributed by atoms with van der Waals surface area (Å²) in [7, 11) is 1.17. The number of likely N-dealkylation sites (tertiary alicyclic amines) is 1. The first-order chi connectivity index (χ1) is 16.8. The summed E-state index contributed by atoms with van der Waals surface area (Å²) in [5.41, 5.74) is 0.109. The number of Topliss-reactive ketones (excluding diaryl/α,β-unsaturated/α-hetero) is 1. The van der Waals surface area contributed by atoms with Gasteiger partial charge in [0, 0.05) is 6.42 Å². The number of carbonyl (C=O) groups excluding carboxylic acids is 4. The van der Waals surface area contributed by atoms with Crippen LogP contribution in [-0.4, -0.2) is 53.6 Å². The molecule has 9 heteroatoms. The predicted molar refractivity (Wildman–Crippen MR) is 123 cm³/mol. The Labute approximate surface area is 202 Å². The molecule has 2 heterocycles. The van der Waals surface area contributed by atoms with Gasteiger partial charge in [0.05, 0.1) is 7.11 Å². The minimum atomic E-state index is -1.82. The lowest BCUT2D eigenvalue weighted by Crippen LogP contribution is -2.79. The lowest BCUT2D eigenvalue weighted by atomic mass is 9.79. The third-order valence-electron chi connectivity index (χ3n) is 5.97. The van der Waals surface area contributed by atoms with E-state index >= 15 is 0 Å². The van der Waals surface area contributed by atoms with Crippen molar-refractivity contribution in [2.24, 2.45) is 0 Å². The van der Waals surface area contributed by atoms with Gasteiger partial charge in [-0.05, 0) is 30.5 Å². The van der Waals surface area contributed by atoms with E-state index in [2.05, 4.69) is 5.32 Å². The Morgan fingerprint density at radius 1 is 1.00 bits per heavy atom. The number of hydrogen-bond donors (Lipinski definition) is 1. The first kappa shape index (κ1) is 24.3. The average Bonchev–Trinajstić information content (AvgIpc) is 3.23. The van der Waals surface area contributed by atoms with Crippen LogP contribution >= 0.6 is 0 Å². The van der Waals surface area contributed by atoms with E-state index in [4.69, 9.17) is 14.2 Å². The van der Waals surface area contributed by atoms with Crippen molar-refractivity contribution in [2.45, 2.75) is 44.9 Å². The zero-order valence-corrected chi connectivity index (χ0v) is 19.6. The molecule has 9 nitrogen and oxygen atoms in total. The third kappa shape index (κ3) is 4.36. The molecule has 2 fully saturated rings. The van der Waals surface area contributed by atoms with Crippen LogP contribution in [0.3, 0.4) is 0 Å². The molecule has 1 N–H and O–H groups in total. The number of nitrogens with one attached hydrogen (secondary N) is 1. The number of carbonyl (C=O) groups is 4. The summed E-state index contributed by atoms with van der Waals surface area (Å²) in [6.07, 6.45) is -2.63. The topological polar surface area (TPSA) is 111 Å². The number of ketones is 1. The molecule has 2 aliphatic heterocycles. The summed E-state index contributed by atoms with van der Waals surface area (Å²) in [4.78, 5) is 53.3. The molecule has 0 saturated carbocycles. The van der Waals surface area contributed by atoms with Crippen molar-refractivity contribution in [3.63, 3.8) is 0 Å². The number of amides is 1. The number of esters is 2. The van der Waals surface area contributed by atoms with Crippen molar-refractivity contribution in [3.05, 3.63) is 83.1 Å². The van der Waals surface area contributed by atoms with Crippen LogP contribution in [0, 0.1) is 0 Å². The van der Waals surface area contributed by atoms with Crippen molar-refractivity contribution in [1.82, 2.24) is 10.2 Å². The molecular weight excluding hydrogens is 452 g/mol. The molecular formula is C26H26N2O7. The number of ether oxygens (including phenoxy) is 3. The van der Waals surface area contributed by atoms with Gasteiger partial charge in [-0.1, -0.05) is 60.7 Å². The van der Waals surface area contributed by atoms with Crippen LogP contribution in [0.25, 0.3) is 0 Å². The molecule has 0 radical (unpaired) electrons. The summed E-state index contributed by atoms with van der Waals surface area (Å²) >= 11 is 0. The second-order valence-corrected chi connectivity index (χ2v) is 8.52. The number of rotatable bonds is 8. The van der Waals surface area contributed by atoms with Crippen LogP contribution in [0.4, 0.5) is 0 Å². The molecule has 1 amide bonds. The standard InChI is InChI=1S/C26H26N2O7/c1-16(2)20(22(30)34-15-18-12-8-5-9-13-18)28-24(32)26(19(29)14-17-10-6-4-7-11-17)25(28)35-21(27-26)23(31)33-3/h4-13,21,25,27H,14-15H2,1-3H3. The maximum atomic E-state index is 13.5. The minimum absolute atomic E-state index is 0.00508. The molecule has 3 unspecified atom stereocenters. The molecule has 35 heavy (non-hydrogen) atoms. The van der Waals surface area contributed by atoms with Gasteiger partial charge < -0.3 is 14.2 Å². The van der Waals surface area contributed by atoms with Crippen LogP contribution in [0.1, 0.15) is 25.0 Å². The zero-order valence-electron chi connectivity index (χ0n) is 19.6. The van der Waals surface area contributed by atoms with Crippen molar-refractivity contribution in [1.29, 1.82) is 0 Å². The van der Waals surface area contributed by atoms with Gasteiger partial charge in [0.1, 0.15) is 12.3 Å². The average molecular weight is 479 g/mol. The van der Waals surface area contributed by atoms with E-state index in [0.717, 1.165) is 10.5 Å². The Bertz CT molecular complexity index is 1170. The number of benzene rings is 2. The number of allylic oxidation sites excluding steroid dienone is 1. The first-order valence-electron chi connectivity index (χ1n) is 11.1. The highest BCUT2D eigenvalue weighted by molar-refractivity contribution is 6.19. The summed E-state index contributed by atoms with van der Waals surface area (Å²) < 4.78 is 15.9. The Hall–Kier alpha value is -3.82. The number of β-lactam (4-membered cyclic amide) rings is 1.